The molecule has 3 rings (SSSR count). The van der Waals surface area contributed by atoms with E-state index in [0.29, 0.717) is 0 Å². The summed E-state index contributed by atoms with van der Waals surface area (Å²) in [4.78, 5) is 4.66. The Labute approximate surface area is 107 Å². The van der Waals surface area contributed by atoms with Crippen LogP contribution in [0.15, 0.2) is 47.5 Å². The third-order valence-corrected chi connectivity index (χ3v) is 3.56. The molecule has 0 aromatic heterocycles. The Morgan fingerprint density at radius 3 is 2.78 bits per heavy atom. The summed E-state index contributed by atoms with van der Waals surface area (Å²) < 4.78 is 0. The summed E-state index contributed by atoms with van der Waals surface area (Å²) in [5, 5.41) is 11.7. The van der Waals surface area contributed by atoms with Crippen LogP contribution >= 0.6 is 0 Å². The molecule has 2 unspecified atom stereocenters. The second-order valence-corrected chi connectivity index (χ2v) is 4.82. The van der Waals surface area contributed by atoms with E-state index in [9.17, 15) is 5.26 Å². The number of hydrogen-bond donors (Lipinski definition) is 0. The molecule has 2 aromatic rings. The summed E-state index contributed by atoms with van der Waals surface area (Å²) in [5.74, 6) is -0.0178. The lowest BCUT2D eigenvalue weighted by molar-refractivity contribution is 0.597. The highest BCUT2D eigenvalue weighted by atomic mass is 14.8. The first-order chi connectivity index (χ1) is 8.79. The van der Waals surface area contributed by atoms with E-state index in [1.165, 1.54) is 16.3 Å². The van der Waals surface area contributed by atoms with Crippen molar-refractivity contribution in [2.75, 3.05) is 0 Å². The van der Waals surface area contributed by atoms with Crippen molar-refractivity contribution in [3.63, 3.8) is 0 Å². The molecule has 0 spiro atoms. The van der Waals surface area contributed by atoms with Gasteiger partial charge in [-0.15, -0.1) is 0 Å². The minimum absolute atomic E-state index is 0.00102. The van der Waals surface area contributed by atoms with Gasteiger partial charge in [-0.05, 0) is 23.3 Å². The molecule has 0 fully saturated rings. The van der Waals surface area contributed by atoms with E-state index in [2.05, 4.69) is 41.4 Å². The summed E-state index contributed by atoms with van der Waals surface area (Å²) in [7, 11) is 0. The second-order valence-electron chi connectivity index (χ2n) is 4.82. The van der Waals surface area contributed by atoms with Crippen molar-refractivity contribution < 1.29 is 0 Å². The average Bonchev–Trinajstić information content (AvgIpc) is 2.79. The average molecular weight is 234 g/mol. The summed E-state index contributed by atoms with van der Waals surface area (Å²) in [6.45, 7) is 2.01. The van der Waals surface area contributed by atoms with Crippen molar-refractivity contribution in [1.29, 1.82) is 5.26 Å². The van der Waals surface area contributed by atoms with E-state index in [0.717, 1.165) is 12.1 Å². The number of hydrogen-bond acceptors (Lipinski definition) is 2. The lowest BCUT2D eigenvalue weighted by atomic mass is 9.91. The number of fused-ring (bicyclic) bond motifs is 1. The van der Waals surface area contributed by atoms with Crippen molar-refractivity contribution in [2.45, 2.75) is 19.4 Å². The highest BCUT2D eigenvalue weighted by Crippen LogP contribution is 2.37. The number of benzene rings is 2. The molecule has 0 saturated carbocycles. The summed E-state index contributed by atoms with van der Waals surface area (Å²) in [6, 6.07) is 16.9. The van der Waals surface area contributed by atoms with Crippen LogP contribution in [-0.2, 0) is 0 Å². The first kappa shape index (κ1) is 11.0. The van der Waals surface area contributed by atoms with Gasteiger partial charge in [0, 0.05) is 12.1 Å². The van der Waals surface area contributed by atoms with E-state index < -0.39 is 0 Å². The first-order valence-electron chi connectivity index (χ1n) is 6.20. The Kier molecular flexibility index (Phi) is 2.60. The number of rotatable bonds is 1. The molecule has 0 amide bonds. The van der Waals surface area contributed by atoms with E-state index in [-0.39, 0.29) is 12.0 Å². The highest BCUT2D eigenvalue weighted by Gasteiger charge is 2.29. The molecule has 88 valence electrons. The van der Waals surface area contributed by atoms with Gasteiger partial charge in [-0.2, -0.15) is 5.26 Å². The third-order valence-electron chi connectivity index (χ3n) is 3.56. The number of nitrogens with zero attached hydrogens (tertiary/aromatic N) is 2. The Morgan fingerprint density at radius 1 is 1.17 bits per heavy atom. The predicted molar refractivity (Wildman–Crippen MR) is 73.5 cm³/mol. The van der Waals surface area contributed by atoms with Crippen LogP contribution in [0, 0.1) is 17.2 Å². The molecular weight excluding hydrogens is 220 g/mol. The van der Waals surface area contributed by atoms with E-state index in [4.69, 9.17) is 0 Å². The summed E-state index contributed by atoms with van der Waals surface area (Å²) in [5.41, 5.74) is 2.26. The molecule has 2 aromatic carbocycles. The van der Waals surface area contributed by atoms with Gasteiger partial charge in [0.2, 0.25) is 0 Å². The second kappa shape index (κ2) is 4.27. The van der Waals surface area contributed by atoms with Crippen molar-refractivity contribution >= 4 is 16.5 Å². The van der Waals surface area contributed by atoms with E-state index >= 15 is 0 Å². The van der Waals surface area contributed by atoms with Crippen LogP contribution in [0.1, 0.15) is 24.9 Å². The fourth-order valence-electron chi connectivity index (χ4n) is 2.72. The minimum Gasteiger partial charge on any atom is -0.285 e. The molecule has 0 bridgehead atoms. The number of aliphatic imine (C=N–C) groups is 1. The molecule has 1 aliphatic rings. The van der Waals surface area contributed by atoms with Crippen LogP contribution in [0.5, 0.6) is 0 Å². The van der Waals surface area contributed by atoms with Crippen LogP contribution < -0.4 is 0 Å². The highest BCUT2D eigenvalue weighted by molar-refractivity contribution is 5.89. The molecule has 2 heteroatoms. The SMILES string of the molecule is CC1=NC(c2cccc3ccccc23)C(C#N)C1. The molecule has 18 heavy (non-hydrogen) atoms. The largest absolute Gasteiger partial charge is 0.285 e. The van der Waals surface area contributed by atoms with Gasteiger partial charge in [-0.1, -0.05) is 42.5 Å². The molecule has 2 nitrogen and oxygen atoms in total. The fraction of sp³-hybridized carbons (Fsp3) is 0.250. The molecule has 0 N–H and O–H groups in total. The van der Waals surface area contributed by atoms with Crippen LogP contribution in [0.3, 0.4) is 0 Å². The monoisotopic (exact) mass is 234 g/mol. The Morgan fingerprint density at radius 2 is 1.94 bits per heavy atom. The Hall–Kier alpha value is -2.14. The zero-order valence-corrected chi connectivity index (χ0v) is 10.3. The molecule has 1 aliphatic heterocycles. The van der Waals surface area contributed by atoms with Crippen LogP contribution in [0.2, 0.25) is 0 Å². The third kappa shape index (κ3) is 1.69. The van der Waals surface area contributed by atoms with Gasteiger partial charge < -0.3 is 0 Å². The van der Waals surface area contributed by atoms with Gasteiger partial charge in [0.1, 0.15) is 0 Å². The van der Waals surface area contributed by atoms with Gasteiger partial charge in [0.05, 0.1) is 18.0 Å². The van der Waals surface area contributed by atoms with Gasteiger partial charge in [-0.25, -0.2) is 0 Å². The van der Waals surface area contributed by atoms with Gasteiger partial charge in [0.25, 0.3) is 0 Å². The lowest BCUT2D eigenvalue weighted by Gasteiger charge is -2.14. The Balaban J connectivity index is 2.18. The summed E-state index contributed by atoms with van der Waals surface area (Å²) >= 11 is 0. The molecule has 0 saturated heterocycles. The van der Waals surface area contributed by atoms with Gasteiger partial charge in [0.15, 0.2) is 0 Å². The topological polar surface area (TPSA) is 36.1 Å². The first-order valence-corrected chi connectivity index (χ1v) is 6.20. The van der Waals surface area contributed by atoms with E-state index in [1.54, 1.807) is 0 Å². The smallest absolute Gasteiger partial charge is 0.0916 e. The van der Waals surface area contributed by atoms with Crippen LogP contribution in [0.4, 0.5) is 0 Å². The Bertz CT molecular complexity index is 659. The maximum Gasteiger partial charge on any atom is 0.0916 e. The summed E-state index contributed by atoms with van der Waals surface area (Å²) in [6.07, 6.45) is 0.796. The molecule has 2 atom stereocenters. The quantitative estimate of drug-likeness (QED) is 0.737. The van der Waals surface area contributed by atoms with Gasteiger partial charge in [-0.3, -0.25) is 4.99 Å². The predicted octanol–water partition coefficient (Wildman–Crippen LogP) is 3.89. The van der Waals surface area contributed by atoms with Crippen molar-refractivity contribution in [3.05, 3.63) is 48.0 Å². The minimum atomic E-state index is -0.0178. The van der Waals surface area contributed by atoms with Crippen molar-refractivity contribution in [2.24, 2.45) is 10.9 Å². The van der Waals surface area contributed by atoms with Crippen LogP contribution in [0.25, 0.3) is 10.8 Å². The molecule has 0 aliphatic carbocycles. The standard InChI is InChI=1S/C16H14N2/c1-11-9-13(10-17)16(18-11)15-8-4-6-12-5-2-3-7-14(12)15/h2-8,13,16H,9H2,1H3. The normalized spacial score (nSPS) is 22.8. The van der Waals surface area contributed by atoms with Crippen molar-refractivity contribution in [1.82, 2.24) is 0 Å². The molecule has 1 heterocycles. The fourth-order valence-corrected chi connectivity index (χ4v) is 2.72. The zero-order chi connectivity index (χ0) is 12.5. The van der Waals surface area contributed by atoms with Crippen LogP contribution in [-0.4, -0.2) is 5.71 Å². The maximum atomic E-state index is 9.26. The van der Waals surface area contributed by atoms with Gasteiger partial charge >= 0.3 is 0 Å². The molecule has 0 radical (unpaired) electrons. The van der Waals surface area contributed by atoms with Crippen molar-refractivity contribution in [3.8, 4) is 6.07 Å². The van der Waals surface area contributed by atoms with E-state index in [1.807, 2.05) is 19.1 Å². The number of nitriles is 1. The zero-order valence-electron chi connectivity index (χ0n) is 10.3. The maximum absolute atomic E-state index is 9.26. The molecular formula is C16H14N2. The lowest BCUT2D eigenvalue weighted by Crippen LogP contribution is -2.04.